The molecule has 0 saturated carbocycles. The first-order valence-corrected chi connectivity index (χ1v) is 10.6. The van der Waals surface area contributed by atoms with Gasteiger partial charge in [0.05, 0.1) is 10.7 Å². The van der Waals surface area contributed by atoms with E-state index in [0.29, 0.717) is 5.16 Å². The summed E-state index contributed by atoms with van der Waals surface area (Å²) >= 11 is 8.42. The molecule has 3 aromatic carbocycles. The zero-order chi connectivity index (χ0) is 20.2. The second-order valence-corrected chi connectivity index (χ2v) is 8.13. The van der Waals surface area contributed by atoms with Gasteiger partial charge in [0.15, 0.2) is 0 Å². The van der Waals surface area contributed by atoms with Gasteiger partial charge in [-0.2, -0.15) is 0 Å². The average Bonchev–Trinajstić information content (AvgIpc) is 2.75. The number of aryl methyl sites for hydroxylation is 1. The van der Waals surface area contributed by atoms with Crippen molar-refractivity contribution < 1.29 is 0 Å². The molecule has 0 radical (unpaired) electrons. The van der Waals surface area contributed by atoms with E-state index in [1.807, 2.05) is 37.4 Å². The Hall–Kier alpha value is -2.75. The van der Waals surface area contributed by atoms with Crippen LogP contribution in [-0.2, 0) is 0 Å². The standard InChI is InChI=1S/C25H21ClN2S/c1-18-10-6-9-15-23(18)29-25(27-2)17-19-16-24(26)28(20-11-4-3-5-12-20)22-14-8-7-13-21(19)22/h3-17H,1-2H3/b19-17+,27-25+. The van der Waals surface area contributed by atoms with Crippen LogP contribution in [0.4, 0.5) is 11.4 Å². The van der Waals surface area contributed by atoms with E-state index in [-0.39, 0.29) is 0 Å². The van der Waals surface area contributed by atoms with Crippen molar-refractivity contribution >= 4 is 45.4 Å². The van der Waals surface area contributed by atoms with Gasteiger partial charge in [0, 0.05) is 23.2 Å². The Morgan fingerprint density at radius 1 is 0.931 bits per heavy atom. The molecule has 0 aliphatic carbocycles. The molecule has 0 amide bonds. The third-order valence-corrected chi connectivity index (χ3v) is 6.23. The highest BCUT2D eigenvalue weighted by molar-refractivity contribution is 8.14. The predicted octanol–water partition coefficient (Wildman–Crippen LogP) is 7.43. The van der Waals surface area contributed by atoms with Crippen molar-refractivity contribution in [3.05, 3.63) is 107 Å². The number of para-hydroxylation sites is 2. The lowest BCUT2D eigenvalue weighted by Crippen LogP contribution is -2.18. The van der Waals surface area contributed by atoms with Crippen molar-refractivity contribution in [3.8, 4) is 0 Å². The Bertz CT molecular complexity index is 1120. The SMILES string of the molecule is C/N=C(\C=C1/C=C(Cl)N(c2ccccc2)c2ccccc21)Sc1ccccc1C. The number of thioether (sulfide) groups is 1. The van der Waals surface area contributed by atoms with Gasteiger partial charge in [-0.05, 0) is 54.5 Å². The maximum Gasteiger partial charge on any atom is 0.114 e. The van der Waals surface area contributed by atoms with Gasteiger partial charge >= 0.3 is 0 Å². The lowest BCUT2D eigenvalue weighted by Gasteiger charge is -2.30. The number of allylic oxidation sites excluding steroid dienone is 2. The molecule has 0 bridgehead atoms. The van der Waals surface area contributed by atoms with Crippen LogP contribution in [0.2, 0.25) is 0 Å². The number of benzene rings is 3. The molecule has 0 fully saturated rings. The fourth-order valence-electron chi connectivity index (χ4n) is 3.31. The molecule has 0 atom stereocenters. The zero-order valence-corrected chi connectivity index (χ0v) is 17.9. The van der Waals surface area contributed by atoms with E-state index in [1.165, 1.54) is 10.5 Å². The first kappa shape index (κ1) is 19.6. The number of aliphatic imine (C=N–C) groups is 1. The molecular formula is C25H21ClN2S. The molecule has 0 N–H and O–H groups in total. The molecule has 1 aliphatic rings. The molecule has 144 valence electrons. The fraction of sp³-hybridized carbons (Fsp3) is 0.0800. The van der Waals surface area contributed by atoms with Crippen molar-refractivity contribution in [3.63, 3.8) is 0 Å². The second kappa shape index (κ2) is 8.73. The van der Waals surface area contributed by atoms with Crippen LogP contribution in [0.15, 0.2) is 106 Å². The normalized spacial score (nSPS) is 15.3. The topological polar surface area (TPSA) is 15.6 Å². The molecule has 3 aromatic rings. The summed E-state index contributed by atoms with van der Waals surface area (Å²) in [6.45, 7) is 2.12. The highest BCUT2D eigenvalue weighted by atomic mass is 35.5. The molecule has 29 heavy (non-hydrogen) atoms. The first-order chi connectivity index (χ1) is 14.2. The highest BCUT2D eigenvalue weighted by Gasteiger charge is 2.23. The Morgan fingerprint density at radius 2 is 1.62 bits per heavy atom. The zero-order valence-electron chi connectivity index (χ0n) is 16.3. The minimum Gasteiger partial charge on any atom is -0.300 e. The third-order valence-electron chi connectivity index (χ3n) is 4.77. The summed E-state index contributed by atoms with van der Waals surface area (Å²) in [5, 5.41) is 1.61. The lowest BCUT2D eigenvalue weighted by molar-refractivity contribution is 1.23. The minimum atomic E-state index is 0.664. The molecule has 2 nitrogen and oxygen atoms in total. The average molecular weight is 417 g/mol. The fourth-order valence-corrected chi connectivity index (χ4v) is 4.50. The quantitative estimate of drug-likeness (QED) is 0.191. The second-order valence-electron chi connectivity index (χ2n) is 6.68. The van der Waals surface area contributed by atoms with Gasteiger partial charge in [-0.1, -0.05) is 78.0 Å². The molecule has 1 heterocycles. The van der Waals surface area contributed by atoms with E-state index < -0.39 is 0 Å². The van der Waals surface area contributed by atoms with Crippen LogP contribution in [0, 0.1) is 6.92 Å². The van der Waals surface area contributed by atoms with Gasteiger partial charge in [0.25, 0.3) is 0 Å². The number of anilines is 2. The molecule has 4 heteroatoms. The molecule has 4 rings (SSSR count). The maximum atomic E-state index is 6.75. The van der Waals surface area contributed by atoms with Crippen LogP contribution in [0.5, 0.6) is 0 Å². The van der Waals surface area contributed by atoms with E-state index in [4.69, 9.17) is 11.6 Å². The predicted molar refractivity (Wildman–Crippen MR) is 127 cm³/mol. The number of rotatable bonds is 3. The smallest absolute Gasteiger partial charge is 0.114 e. The van der Waals surface area contributed by atoms with Gasteiger partial charge in [-0.25, -0.2) is 0 Å². The number of nitrogens with zero attached hydrogens (tertiary/aromatic N) is 2. The molecule has 0 saturated heterocycles. The van der Waals surface area contributed by atoms with E-state index in [1.54, 1.807) is 11.8 Å². The number of hydrogen-bond donors (Lipinski definition) is 0. The van der Waals surface area contributed by atoms with Crippen molar-refractivity contribution in [2.24, 2.45) is 4.99 Å². The van der Waals surface area contributed by atoms with Gasteiger partial charge in [0.1, 0.15) is 5.16 Å². The van der Waals surface area contributed by atoms with E-state index >= 15 is 0 Å². The minimum absolute atomic E-state index is 0.664. The summed E-state index contributed by atoms with van der Waals surface area (Å²) in [4.78, 5) is 7.79. The van der Waals surface area contributed by atoms with E-state index in [9.17, 15) is 0 Å². The Balaban J connectivity index is 1.75. The van der Waals surface area contributed by atoms with Crippen LogP contribution in [0.3, 0.4) is 0 Å². The van der Waals surface area contributed by atoms with Crippen LogP contribution in [0.25, 0.3) is 5.57 Å². The number of hydrogen-bond acceptors (Lipinski definition) is 3. The Morgan fingerprint density at radius 3 is 2.38 bits per heavy atom. The van der Waals surface area contributed by atoms with Crippen LogP contribution in [0.1, 0.15) is 11.1 Å². The summed E-state index contributed by atoms with van der Waals surface area (Å²) in [5.74, 6) is 0. The van der Waals surface area contributed by atoms with E-state index in [2.05, 4.69) is 77.5 Å². The Kier molecular flexibility index (Phi) is 5.89. The maximum absolute atomic E-state index is 6.75. The van der Waals surface area contributed by atoms with Gasteiger partial charge in [0.2, 0.25) is 0 Å². The van der Waals surface area contributed by atoms with Crippen LogP contribution < -0.4 is 4.90 Å². The monoisotopic (exact) mass is 416 g/mol. The first-order valence-electron chi connectivity index (χ1n) is 9.41. The van der Waals surface area contributed by atoms with Gasteiger partial charge < -0.3 is 4.90 Å². The summed E-state index contributed by atoms with van der Waals surface area (Å²) in [7, 11) is 1.83. The van der Waals surface area contributed by atoms with Crippen molar-refractivity contribution in [1.82, 2.24) is 0 Å². The Labute approximate surface area is 181 Å². The molecule has 0 unspecified atom stereocenters. The molecule has 0 spiro atoms. The van der Waals surface area contributed by atoms with Gasteiger partial charge in [-0.15, -0.1) is 0 Å². The molecule has 1 aliphatic heterocycles. The van der Waals surface area contributed by atoms with Crippen molar-refractivity contribution in [2.45, 2.75) is 11.8 Å². The van der Waals surface area contributed by atoms with Crippen LogP contribution >= 0.6 is 23.4 Å². The van der Waals surface area contributed by atoms with E-state index in [0.717, 1.165) is 27.6 Å². The summed E-state index contributed by atoms with van der Waals surface area (Å²) in [6.07, 6.45) is 4.13. The lowest BCUT2D eigenvalue weighted by atomic mass is 9.99. The summed E-state index contributed by atoms with van der Waals surface area (Å²) in [5.41, 5.74) is 5.53. The van der Waals surface area contributed by atoms with Crippen LogP contribution in [-0.4, -0.2) is 12.1 Å². The highest BCUT2D eigenvalue weighted by Crippen LogP contribution is 2.42. The summed E-state index contributed by atoms with van der Waals surface area (Å²) < 4.78 is 0. The van der Waals surface area contributed by atoms with Crippen molar-refractivity contribution in [2.75, 3.05) is 11.9 Å². The van der Waals surface area contributed by atoms with Gasteiger partial charge in [-0.3, -0.25) is 4.99 Å². The number of fused-ring (bicyclic) bond motifs is 1. The third kappa shape index (κ3) is 4.16. The molecular weight excluding hydrogens is 396 g/mol. The largest absolute Gasteiger partial charge is 0.300 e. The van der Waals surface area contributed by atoms with Crippen molar-refractivity contribution in [1.29, 1.82) is 0 Å². The molecule has 0 aromatic heterocycles. The number of halogens is 1. The summed E-state index contributed by atoms with van der Waals surface area (Å²) in [6, 6.07) is 26.9.